The van der Waals surface area contributed by atoms with Crippen LogP contribution >= 0.6 is 11.6 Å². The molecule has 1 aromatic rings. The van der Waals surface area contributed by atoms with Gasteiger partial charge in [0.15, 0.2) is 0 Å². The van der Waals surface area contributed by atoms with Gasteiger partial charge in [0, 0.05) is 37.2 Å². The number of nitrogens with one attached hydrogen (secondary N) is 1. The van der Waals surface area contributed by atoms with Crippen LogP contribution in [0.3, 0.4) is 0 Å². The van der Waals surface area contributed by atoms with Crippen molar-refractivity contribution >= 4 is 21.8 Å². The summed E-state index contributed by atoms with van der Waals surface area (Å²) in [6.07, 6.45) is 3.21. The zero-order valence-electron chi connectivity index (χ0n) is 13.0. The monoisotopic (exact) mass is 355 g/mol. The first-order chi connectivity index (χ1) is 11.1. The van der Waals surface area contributed by atoms with Gasteiger partial charge in [-0.15, -0.1) is 0 Å². The number of benzene rings is 1. The molecular formula is C16H22ClN3O2S. The molecule has 1 N–H and O–H groups in total. The smallest absolute Gasteiger partial charge is 0.282 e. The molecule has 7 heteroatoms. The van der Waals surface area contributed by atoms with E-state index in [0.717, 1.165) is 18.4 Å². The van der Waals surface area contributed by atoms with Crippen LogP contribution in [0.15, 0.2) is 24.3 Å². The molecular weight excluding hydrogens is 334 g/mol. The van der Waals surface area contributed by atoms with Crippen LogP contribution in [0.1, 0.15) is 30.9 Å². The molecule has 3 aliphatic rings. The molecule has 0 amide bonds. The summed E-state index contributed by atoms with van der Waals surface area (Å²) in [5.74, 6) is 0.552. The fourth-order valence-electron chi connectivity index (χ4n) is 4.27. The lowest BCUT2D eigenvalue weighted by atomic mass is 10.1. The van der Waals surface area contributed by atoms with Crippen LogP contribution in [0, 0.1) is 5.92 Å². The highest BCUT2D eigenvalue weighted by molar-refractivity contribution is 7.86. The average molecular weight is 356 g/mol. The van der Waals surface area contributed by atoms with E-state index in [4.69, 9.17) is 11.6 Å². The van der Waals surface area contributed by atoms with Crippen LogP contribution in [0.4, 0.5) is 0 Å². The van der Waals surface area contributed by atoms with E-state index in [1.807, 2.05) is 24.3 Å². The van der Waals surface area contributed by atoms with Gasteiger partial charge in [0.2, 0.25) is 0 Å². The second kappa shape index (κ2) is 6.01. The van der Waals surface area contributed by atoms with Crippen LogP contribution in [0.25, 0.3) is 0 Å². The molecule has 2 bridgehead atoms. The molecule has 1 aromatic carbocycles. The largest absolute Gasteiger partial charge is 0.313 e. The first kappa shape index (κ1) is 15.8. The van der Waals surface area contributed by atoms with Crippen molar-refractivity contribution in [2.24, 2.45) is 5.92 Å². The molecule has 0 radical (unpaired) electrons. The molecule has 2 saturated heterocycles. The van der Waals surface area contributed by atoms with Gasteiger partial charge in [-0.25, -0.2) is 0 Å². The van der Waals surface area contributed by atoms with Crippen molar-refractivity contribution < 1.29 is 8.42 Å². The Morgan fingerprint density at radius 3 is 2.70 bits per heavy atom. The zero-order chi connectivity index (χ0) is 16.0. The van der Waals surface area contributed by atoms with Crippen molar-refractivity contribution in [3.63, 3.8) is 0 Å². The van der Waals surface area contributed by atoms with E-state index >= 15 is 0 Å². The van der Waals surface area contributed by atoms with E-state index in [1.165, 1.54) is 6.42 Å². The minimum atomic E-state index is -3.44. The predicted octanol–water partition coefficient (Wildman–Crippen LogP) is 2.02. The van der Waals surface area contributed by atoms with E-state index in [0.29, 0.717) is 37.1 Å². The third-order valence-corrected chi connectivity index (χ3v) is 7.82. The van der Waals surface area contributed by atoms with Gasteiger partial charge < -0.3 is 5.32 Å². The molecule has 3 fully saturated rings. The Morgan fingerprint density at radius 2 is 2.00 bits per heavy atom. The van der Waals surface area contributed by atoms with Crippen LogP contribution < -0.4 is 5.32 Å². The Hall–Kier alpha value is -0.660. The van der Waals surface area contributed by atoms with Crippen LogP contribution in [0.5, 0.6) is 0 Å². The molecule has 4 rings (SSSR count). The summed E-state index contributed by atoms with van der Waals surface area (Å²) in [5.41, 5.74) is 0.884. The Kier molecular flexibility index (Phi) is 4.14. The Balaban J connectivity index is 1.66. The quantitative estimate of drug-likeness (QED) is 0.902. The van der Waals surface area contributed by atoms with Gasteiger partial charge in [0.25, 0.3) is 10.2 Å². The predicted molar refractivity (Wildman–Crippen MR) is 90.5 cm³/mol. The molecule has 3 atom stereocenters. The summed E-state index contributed by atoms with van der Waals surface area (Å²) < 4.78 is 29.9. The number of nitrogens with zero attached hydrogens (tertiary/aromatic N) is 2. The molecule has 5 nitrogen and oxygen atoms in total. The summed E-state index contributed by atoms with van der Waals surface area (Å²) in [5, 5.41) is 3.93. The van der Waals surface area contributed by atoms with Crippen molar-refractivity contribution in [2.75, 3.05) is 26.2 Å². The summed E-state index contributed by atoms with van der Waals surface area (Å²) in [6, 6.07) is 7.51. The second-order valence-corrected chi connectivity index (χ2v) is 9.00. The number of halogens is 1. The summed E-state index contributed by atoms with van der Waals surface area (Å²) in [6.45, 7) is 2.46. The van der Waals surface area contributed by atoms with Gasteiger partial charge >= 0.3 is 0 Å². The number of piperidine rings is 1. The van der Waals surface area contributed by atoms with Crippen molar-refractivity contribution in [1.29, 1.82) is 0 Å². The number of hydrogen-bond acceptors (Lipinski definition) is 3. The summed E-state index contributed by atoms with van der Waals surface area (Å²) in [7, 11) is -3.44. The number of fused-ring (bicyclic) bond motifs is 2. The molecule has 0 spiro atoms. The number of hydrogen-bond donors (Lipinski definition) is 1. The minimum Gasteiger partial charge on any atom is -0.313 e. The molecule has 2 heterocycles. The maximum atomic E-state index is 13.3. The Bertz CT molecular complexity index is 696. The Labute approximate surface area is 142 Å². The van der Waals surface area contributed by atoms with Crippen molar-refractivity contribution in [3.05, 3.63) is 34.9 Å². The minimum absolute atomic E-state index is 0.201. The van der Waals surface area contributed by atoms with E-state index in [1.54, 1.807) is 8.61 Å². The van der Waals surface area contributed by atoms with Crippen LogP contribution in [-0.4, -0.2) is 49.2 Å². The SMILES string of the molecule is O=S(=O)(N1CC2CCC1C2)N1CCNCC1c1ccccc1Cl. The van der Waals surface area contributed by atoms with E-state index in [-0.39, 0.29) is 12.1 Å². The second-order valence-electron chi connectivity index (χ2n) is 6.76. The molecule has 1 saturated carbocycles. The maximum Gasteiger partial charge on any atom is 0.282 e. The molecule has 23 heavy (non-hydrogen) atoms. The third-order valence-electron chi connectivity index (χ3n) is 5.41. The standard InChI is InChI=1S/C16H22ClN3O2S/c17-15-4-2-1-3-14(15)16-10-18-7-8-19(16)23(21,22)20-11-12-5-6-13(20)9-12/h1-4,12-13,16,18H,5-11H2. The number of rotatable bonds is 3. The summed E-state index contributed by atoms with van der Waals surface area (Å²) in [4.78, 5) is 0. The lowest BCUT2D eigenvalue weighted by molar-refractivity contribution is 0.233. The topological polar surface area (TPSA) is 52.7 Å². The normalized spacial score (nSPS) is 32.5. The molecule has 1 aliphatic carbocycles. The van der Waals surface area contributed by atoms with Gasteiger partial charge in [0.05, 0.1) is 6.04 Å². The fourth-order valence-corrected chi connectivity index (χ4v) is 6.60. The van der Waals surface area contributed by atoms with E-state index in [2.05, 4.69) is 5.32 Å². The molecule has 126 valence electrons. The molecule has 0 aromatic heterocycles. The lowest BCUT2D eigenvalue weighted by Crippen LogP contribution is -2.54. The first-order valence-corrected chi connectivity index (χ1v) is 10.1. The van der Waals surface area contributed by atoms with Gasteiger partial charge in [-0.1, -0.05) is 29.8 Å². The highest BCUT2D eigenvalue weighted by atomic mass is 35.5. The van der Waals surface area contributed by atoms with Gasteiger partial charge in [-0.2, -0.15) is 17.0 Å². The van der Waals surface area contributed by atoms with E-state index < -0.39 is 10.2 Å². The van der Waals surface area contributed by atoms with Gasteiger partial charge in [0.1, 0.15) is 0 Å². The van der Waals surface area contributed by atoms with Gasteiger partial charge in [-0.05, 0) is 36.8 Å². The lowest BCUT2D eigenvalue weighted by Gasteiger charge is -2.39. The highest BCUT2D eigenvalue weighted by Gasteiger charge is 2.47. The third kappa shape index (κ3) is 2.70. The maximum absolute atomic E-state index is 13.3. The van der Waals surface area contributed by atoms with Gasteiger partial charge in [-0.3, -0.25) is 0 Å². The zero-order valence-corrected chi connectivity index (χ0v) is 14.6. The van der Waals surface area contributed by atoms with Crippen molar-refractivity contribution in [2.45, 2.75) is 31.3 Å². The fraction of sp³-hybridized carbons (Fsp3) is 0.625. The molecule has 2 aliphatic heterocycles. The van der Waals surface area contributed by atoms with Crippen molar-refractivity contribution in [1.82, 2.24) is 13.9 Å². The summed E-state index contributed by atoms with van der Waals surface area (Å²) >= 11 is 6.33. The van der Waals surface area contributed by atoms with Crippen LogP contribution in [-0.2, 0) is 10.2 Å². The highest BCUT2D eigenvalue weighted by Crippen LogP contribution is 2.41. The van der Waals surface area contributed by atoms with Crippen LogP contribution in [0.2, 0.25) is 5.02 Å². The Morgan fingerprint density at radius 1 is 1.17 bits per heavy atom. The van der Waals surface area contributed by atoms with E-state index in [9.17, 15) is 8.42 Å². The average Bonchev–Trinajstić information content (AvgIpc) is 3.19. The molecule has 3 unspecified atom stereocenters. The first-order valence-electron chi connectivity index (χ1n) is 8.31. The number of piperazine rings is 1. The van der Waals surface area contributed by atoms with Crippen molar-refractivity contribution in [3.8, 4) is 0 Å².